The van der Waals surface area contributed by atoms with Gasteiger partial charge in [0.25, 0.3) is 0 Å². The van der Waals surface area contributed by atoms with E-state index < -0.39 is 12.6 Å². The van der Waals surface area contributed by atoms with Crippen molar-refractivity contribution in [2.45, 2.75) is 26.2 Å². The Hall–Kier alpha value is -3.79. The normalized spacial score (nSPS) is 12.2. The number of aliphatic hydroxyl groups excluding tert-OH is 1. The van der Waals surface area contributed by atoms with Gasteiger partial charge in [0.2, 0.25) is 0 Å². The third-order valence-corrected chi connectivity index (χ3v) is 4.82. The van der Waals surface area contributed by atoms with Gasteiger partial charge < -0.3 is 19.1 Å². The van der Waals surface area contributed by atoms with Gasteiger partial charge in [0.05, 0.1) is 11.0 Å². The highest BCUT2D eigenvalue weighted by Gasteiger charge is 2.20. The highest BCUT2D eigenvalue weighted by molar-refractivity contribution is 5.84. The molecule has 3 aromatic rings. The van der Waals surface area contributed by atoms with E-state index in [0.717, 1.165) is 11.1 Å². The Morgan fingerprint density at radius 3 is 2.48 bits per heavy atom. The molecule has 0 unspecified atom stereocenters. The molecule has 160 valence electrons. The van der Waals surface area contributed by atoms with Gasteiger partial charge in [-0.05, 0) is 29.2 Å². The Morgan fingerprint density at radius 1 is 1.13 bits per heavy atom. The van der Waals surface area contributed by atoms with Crippen molar-refractivity contribution in [3.63, 3.8) is 0 Å². The van der Waals surface area contributed by atoms with Crippen molar-refractivity contribution in [2.24, 2.45) is 7.05 Å². The number of imidazole rings is 1. The molecule has 1 heterocycles. The first-order chi connectivity index (χ1) is 14.7. The van der Waals surface area contributed by atoms with Gasteiger partial charge in [-0.1, -0.05) is 51.1 Å². The van der Waals surface area contributed by atoms with Crippen LogP contribution in [0, 0.1) is 11.3 Å². The van der Waals surface area contributed by atoms with E-state index in [9.17, 15) is 15.2 Å². The summed E-state index contributed by atoms with van der Waals surface area (Å²) in [4.78, 5) is 16.6. The van der Waals surface area contributed by atoms with Crippen molar-refractivity contribution in [1.29, 1.82) is 5.26 Å². The Labute approximate surface area is 181 Å². The quantitative estimate of drug-likeness (QED) is 0.364. The van der Waals surface area contributed by atoms with Crippen LogP contribution in [-0.2, 0) is 22.0 Å². The van der Waals surface area contributed by atoms with Crippen LogP contribution in [0.15, 0.2) is 54.3 Å². The summed E-state index contributed by atoms with van der Waals surface area (Å²) in [5.74, 6) is -0.126. The fourth-order valence-corrected chi connectivity index (χ4v) is 3.22. The summed E-state index contributed by atoms with van der Waals surface area (Å²) in [5, 5.41) is 19.9. The van der Waals surface area contributed by atoms with Crippen molar-refractivity contribution >= 4 is 22.6 Å². The molecule has 0 amide bonds. The van der Waals surface area contributed by atoms with Crippen LogP contribution in [0.25, 0.3) is 16.6 Å². The zero-order valence-corrected chi connectivity index (χ0v) is 18.0. The molecule has 1 aromatic heterocycles. The van der Waals surface area contributed by atoms with E-state index in [1.807, 2.05) is 48.5 Å². The number of allylic oxidation sites excluding steroid dienone is 1. The molecule has 0 atom stereocenters. The second kappa shape index (κ2) is 8.92. The SMILES string of the molecule is Cn1c(/C(C#N)=C(\O)COC(=O)COc2ccccc2C(C)(C)C)nc2ccccc21. The molecule has 0 aliphatic heterocycles. The molecule has 3 rings (SSSR count). The van der Waals surface area contributed by atoms with Gasteiger partial charge in [-0.25, -0.2) is 9.78 Å². The van der Waals surface area contributed by atoms with E-state index in [1.165, 1.54) is 0 Å². The Balaban J connectivity index is 1.69. The number of carbonyl (C=O) groups excluding carboxylic acids is 1. The lowest BCUT2D eigenvalue weighted by Gasteiger charge is -2.22. The van der Waals surface area contributed by atoms with Crippen LogP contribution in [-0.4, -0.2) is 33.8 Å². The van der Waals surface area contributed by atoms with E-state index in [2.05, 4.69) is 25.8 Å². The van der Waals surface area contributed by atoms with Crippen LogP contribution >= 0.6 is 0 Å². The zero-order chi connectivity index (χ0) is 22.6. The van der Waals surface area contributed by atoms with Gasteiger partial charge in [0.1, 0.15) is 24.0 Å². The molecule has 0 saturated carbocycles. The molecule has 0 aliphatic carbocycles. The first-order valence-corrected chi connectivity index (χ1v) is 9.84. The van der Waals surface area contributed by atoms with Gasteiger partial charge >= 0.3 is 5.97 Å². The van der Waals surface area contributed by atoms with Gasteiger partial charge in [-0.3, -0.25) is 0 Å². The minimum absolute atomic E-state index is 0.0505. The third-order valence-electron chi connectivity index (χ3n) is 4.82. The number of para-hydroxylation sites is 3. The number of aliphatic hydroxyl groups is 1. The van der Waals surface area contributed by atoms with Crippen LogP contribution in [0.5, 0.6) is 5.75 Å². The number of aromatic nitrogens is 2. The third kappa shape index (κ3) is 4.86. The summed E-state index contributed by atoms with van der Waals surface area (Å²) >= 11 is 0. The number of esters is 1. The number of benzene rings is 2. The smallest absolute Gasteiger partial charge is 0.344 e. The first kappa shape index (κ1) is 21.9. The summed E-state index contributed by atoms with van der Waals surface area (Å²) in [6.45, 7) is 5.41. The summed E-state index contributed by atoms with van der Waals surface area (Å²) < 4.78 is 12.5. The lowest BCUT2D eigenvalue weighted by atomic mass is 9.86. The summed E-state index contributed by atoms with van der Waals surface area (Å²) in [5.41, 5.74) is 2.29. The number of aryl methyl sites for hydroxylation is 1. The average Bonchev–Trinajstić information content (AvgIpc) is 3.07. The van der Waals surface area contributed by atoms with E-state index in [-0.39, 0.29) is 23.4 Å². The topological polar surface area (TPSA) is 97.4 Å². The van der Waals surface area contributed by atoms with Crippen LogP contribution in [0.2, 0.25) is 0 Å². The van der Waals surface area contributed by atoms with Crippen molar-refractivity contribution < 1.29 is 19.4 Å². The molecule has 7 heteroatoms. The average molecular weight is 419 g/mol. The number of nitrogens with zero attached hydrogens (tertiary/aromatic N) is 3. The molecule has 1 N–H and O–H groups in total. The van der Waals surface area contributed by atoms with E-state index >= 15 is 0 Å². The van der Waals surface area contributed by atoms with Crippen LogP contribution in [0.3, 0.4) is 0 Å². The van der Waals surface area contributed by atoms with E-state index in [4.69, 9.17) is 9.47 Å². The molecule has 0 bridgehead atoms. The number of nitriles is 1. The minimum Gasteiger partial charge on any atom is -0.507 e. The Kier molecular flexibility index (Phi) is 6.30. The highest BCUT2D eigenvalue weighted by Crippen LogP contribution is 2.31. The summed E-state index contributed by atoms with van der Waals surface area (Å²) in [6.07, 6.45) is 0. The zero-order valence-electron chi connectivity index (χ0n) is 18.0. The van der Waals surface area contributed by atoms with Crippen LogP contribution < -0.4 is 4.74 Å². The maximum absolute atomic E-state index is 12.2. The minimum atomic E-state index is -0.655. The monoisotopic (exact) mass is 419 g/mol. The lowest BCUT2D eigenvalue weighted by Crippen LogP contribution is -2.19. The standard InChI is InChI=1S/C24H25N3O4/c1-24(2,3)17-9-5-8-12-21(17)30-15-22(29)31-14-20(28)16(13-25)23-26-18-10-6-7-11-19(18)27(23)4/h5-12,28H,14-15H2,1-4H3/b20-16-. The first-order valence-electron chi connectivity index (χ1n) is 9.84. The number of hydrogen-bond acceptors (Lipinski definition) is 6. The predicted octanol–water partition coefficient (Wildman–Crippen LogP) is 4.29. The van der Waals surface area contributed by atoms with Gasteiger partial charge in [-0.15, -0.1) is 0 Å². The Morgan fingerprint density at radius 2 is 1.81 bits per heavy atom. The van der Waals surface area contributed by atoms with Crippen molar-refractivity contribution in [2.75, 3.05) is 13.2 Å². The number of carbonyl (C=O) groups is 1. The van der Waals surface area contributed by atoms with Crippen molar-refractivity contribution in [3.8, 4) is 11.8 Å². The summed E-state index contributed by atoms with van der Waals surface area (Å²) in [6, 6.07) is 16.8. The second-order valence-electron chi connectivity index (χ2n) is 8.11. The molecule has 31 heavy (non-hydrogen) atoms. The fraction of sp³-hybridized carbons (Fsp3) is 0.292. The molecule has 0 aliphatic rings. The number of rotatable bonds is 6. The Bertz CT molecular complexity index is 1180. The van der Waals surface area contributed by atoms with Gasteiger partial charge in [0.15, 0.2) is 18.2 Å². The molecule has 0 fully saturated rings. The number of hydrogen-bond donors (Lipinski definition) is 1. The van der Waals surface area contributed by atoms with Crippen molar-refractivity contribution in [1.82, 2.24) is 9.55 Å². The predicted molar refractivity (Wildman–Crippen MR) is 117 cm³/mol. The molecule has 0 spiro atoms. The number of ether oxygens (including phenoxy) is 2. The molecular formula is C24H25N3O4. The maximum Gasteiger partial charge on any atom is 0.344 e. The highest BCUT2D eigenvalue weighted by atomic mass is 16.6. The molecule has 0 saturated heterocycles. The van der Waals surface area contributed by atoms with E-state index in [1.54, 1.807) is 17.7 Å². The summed E-state index contributed by atoms with van der Waals surface area (Å²) in [7, 11) is 1.75. The second-order valence-corrected chi connectivity index (χ2v) is 8.11. The molecule has 0 radical (unpaired) electrons. The van der Waals surface area contributed by atoms with E-state index in [0.29, 0.717) is 17.1 Å². The van der Waals surface area contributed by atoms with Gasteiger partial charge in [0, 0.05) is 7.05 Å². The maximum atomic E-state index is 12.2. The van der Waals surface area contributed by atoms with Crippen LogP contribution in [0.4, 0.5) is 0 Å². The fourth-order valence-electron chi connectivity index (χ4n) is 3.22. The number of fused-ring (bicyclic) bond motifs is 1. The molecular weight excluding hydrogens is 394 g/mol. The van der Waals surface area contributed by atoms with Gasteiger partial charge in [-0.2, -0.15) is 5.26 Å². The molecule has 2 aromatic carbocycles. The molecule has 7 nitrogen and oxygen atoms in total. The largest absolute Gasteiger partial charge is 0.507 e. The van der Waals surface area contributed by atoms with Crippen LogP contribution in [0.1, 0.15) is 32.2 Å². The van der Waals surface area contributed by atoms with Crippen molar-refractivity contribution in [3.05, 3.63) is 65.7 Å². The lowest BCUT2D eigenvalue weighted by molar-refractivity contribution is -0.145.